The average Bonchev–Trinajstić information content (AvgIpc) is 2.88. The van der Waals surface area contributed by atoms with E-state index < -0.39 is 10.0 Å². The van der Waals surface area contributed by atoms with E-state index in [1.165, 1.54) is 0 Å². The van der Waals surface area contributed by atoms with Crippen LogP contribution in [-0.2, 0) is 10.0 Å². The normalized spacial score (nSPS) is 24.9. The van der Waals surface area contributed by atoms with Gasteiger partial charge in [-0.2, -0.15) is 0 Å². The van der Waals surface area contributed by atoms with Gasteiger partial charge in [0.1, 0.15) is 0 Å². The van der Waals surface area contributed by atoms with Crippen molar-refractivity contribution in [3.05, 3.63) is 0 Å². The highest BCUT2D eigenvalue weighted by molar-refractivity contribution is 7.89. The van der Waals surface area contributed by atoms with Gasteiger partial charge in [0.15, 0.2) is 0 Å². The molecule has 2 N–H and O–H groups in total. The number of nitrogens with two attached hydrogens (primary N) is 1. The molecule has 1 aliphatic carbocycles. The zero-order valence-corrected chi connectivity index (χ0v) is 10.4. The number of halogens is 1. The second-order valence-electron chi connectivity index (χ2n) is 4.46. The molecule has 0 unspecified atom stereocenters. The van der Waals surface area contributed by atoms with Gasteiger partial charge in [-0.25, -0.2) is 12.7 Å². The Morgan fingerprint density at radius 3 is 2.13 bits per heavy atom. The molecule has 0 aromatic rings. The molecular formula is C9H19ClN2O2S. The lowest BCUT2D eigenvalue weighted by Gasteiger charge is -2.29. The molecule has 15 heavy (non-hydrogen) atoms. The van der Waals surface area contributed by atoms with Crippen molar-refractivity contribution in [1.82, 2.24) is 4.31 Å². The highest BCUT2D eigenvalue weighted by atomic mass is 35.5. The summed E-state index contributed by atoms with van der Waals surface area (Å²) in [5.41, 5.74) is 5.73. The van der Waals surface area contributed by atoms with E-state index in [1.807, 2.05) is 0 Å². The molecule has 6 heteroatoms. The fraction of sp³-hybridized carbons (Fsp3) is 1.00. The Balaban J connectivity index is 0.00000112. The molecule has 1 heterocycles. The summed E-state index contributed by atoms with van der Waals surface area (Å²) in [6.45, 7) is 1.24. The van der Waals surface area contributed by atoms with Crippen LogP contribution in [0.15, 0.2) is 0 Å². The fourth-order valence-corrected chi connectivity index (χ4v) is 3.75. The summed E-state index contributed by atoms with van der Waals surface area (Å²) in [5.74, 6) is 0.804. The number of rotatable bonds is 3. The molecule has 0 aromatic carbocycles. The van der Waals surface area contributed by atoms with E-state index in [9.17, 15) is 8.42 Å². The molecule has 2 fully saturated rings. The fourth-order valence-electron chi connectivity index (χ4n) is 1.84. The van der Waals surface area contributed by atoms with Crippen LogP contribution in [0.1, 0.15) is 25.7 Å². The highest BCUT2D eigenvalue weighted by Crippen LogP contribution is 2.31. The van der Waals surface area contributed by atoms with E-state index in [0.29, 0.717) is 24.8 Å². The second-order valence-corrected chi connectivity index (χ2v) is 6.47. The van der Waals surface area contributed by atoms with Crippen LogP contribution in [0.2, 0.25) is 0 Å². The molecule has 0 amide bonds. The molecule has 1 saturated carbocycles. The first kappa shape index (κ1) is 13.2. The van der Waals surface area contributed by atoms with Gasteiger partial charge in [-0.1, -0.05) is 0 Å². The second kappa shape index (κ2) is 4.99. The smallest absolute Gasteiger partial charge is 0.214 e. The molecule has 90 valence electrons. The molecule has 2 aliphatic rings. The molecule has 2 rings (SSSR count). The van der Waals surface area contributed by atoms with Crippen LogP contribution in [0.25, 0.3) is 0 Å². The van der Waals surface area contributed by atoms with Gasteiger partial charge in [0.25, 0.3) is 0 Å². The highest BCUT2D eigenvalue weighted by Gasteiger charge is 2.33. The third-order valence-corrected chi connectivity index (χ3v) is 5.08. The van der Waals surface area contributed by atoms with Gasteiger partial charge < -0.3 is 5.73 Å². The Kier molecular flexibility index (Phi) is 4.40. The van der Waals surface area contributed by atoms with Crippen LogP contribution < -0.4 is 5.73 Å². The number of sulfonamides is 1. The minimum absolute atomic E-state index is 0. The van der Waals surface area contributed by atoms with Crippen LogP contribution in [0.5, 0.6) is 0 Å². The van der Waals surface area contributed by atoms with E-state index in [4.69, 9.17) is 5.73 Å². The predicted molar refractivity (Wildman–Crippen MR) is 62.5 cm³/mol. The van der Waals surface area contributed by atoms with Gasteiger partial charge in [-0.15, -0.1) is 12.4 Å². The van der Waals surface area contributed by atoms with Crippen LogP contribution in [0.4, 0.5) is 0 Å². The standard InChI is InChI=1S/C9H18N2O2S.ClH/c10-9-3-5-11(6-4-9)14(12,13)7-8-1-2-8;/h8-9H,1-7,10H2;1H. The molecule has 0 spiro atoms. The zero-order valence-electron chi connectivity index (χ0n) is 8.76. The first-order valence-corrected chi connectivity index (χ1v) is 6.92. The van der Waals surface area contributed by atoms with Crippen molar-refractivity contribution in [2.45, 2.75) is 31.7 Å². The van der Waals surface area contributed by atoms with Crippen molar-refractivity contribution in [3.8, 4) is 0 Å². The summed E-state index contributed by atoms with van der Waals surface area (Å²) in [4.78, 5) is 0. The van der Waals surface area contributed by atoms with Gasteiger partial charge in [0.05, 0.1) is 5.75 Å². The lowest BCUT2D eigenvalue weighted by Crippen LogP contribution is -2.43. The van der Waals surface area contributed by atoms with Gasteiger partial charge in [-0.3, -0.25) is 0 Å². The number of hydrogen-bond donors (Lipinski definition) is 1. The molecule has 1 saturated heterocycles. The first-order chi connectivity index (χ1) is 6.58. The van der Waals surface area contributed by atoms with Gasteiger partial charge in [-0.05, 0) is 31.6 Å². The molecule has 0 aromatic heterocycles. The van der Waals surface area contributed by atoms with Crippen molar-refractivity contribution in [3.63, 3.8) is 0 Å². The summed E-state index contributed by atoms with van der Waals surface area (Å²) in [6, 6.07) is 0.197. The molecule has 0 atom stereocenters. The lowest BCUT2D eigenvalue weighted by atomic mass is 10.1. The number of piperidine rings is 1. The van der Waals surface area contributed by atoms with Gasteiger partial charge in [0, 0.05) is 19.1 Å². The maximum absolute atomic E-state index is 11.8. The molecule has 0 radical (unpaired) electrons. The molecule has 1 aliphatic heterocycles. The van der Waals surface area contributed by atoms with Crippen molar-refractivity contribution in [1.29, 1.82) is 0 Å². The lowest BCUT2D eigenvalue weighted by molar-refractivity contribution is 0.319. The monoisotopic (exact) mass is 254 g/mol. The van der Waals surface area contributed by atoms with Crippen molar-refractivity contribution in [2.75, 3.05) is 18.8 Å². The topological polar surface area (TPSA) is 63.4 Å². The van der Waals surface area contributed by atoms with Crippen LogP contribution >= 0.6 is 12.4 Å². The summed E-state index contributed by atoms with van der Waals surface area (Å²) in [5, 5.41) is 0. The Bertz CT molecular complexity index is 295. The van der Waals surface area contributed by atoms with Crippen molar-refractivity contribution in [2.24, 2.45) is 11.7 Å². The molecular weight excluding hydrogens is 236 g/mol. The van der Waals surface area contributed by atoms with E-state index in [1.54, 1.807) is 4.31 Å². The maximum Gasteiger partial charge on any atom is 0.214 e. The summed E-state index contributed by atoms with van der Waals surface area (Å²) < 4.78 is 25.3. The summed E-state index contributed by atoms with van der Waals surface area (Å²) in [7, 11) is -2.97. The third kappa shape index (κ3) is 3.59. The average molecular weight is 255 g/mol. The Hall–Kier alpha value is 0.160. The minimum Gasteiger partial charge on any atom is -0.328 e. The number of nitrogens with zero attached hydrogens (tertiary/aromatic N) is 1. The summed E-state index contributed by atoms with van der Waals surface area (Å²) in [6.07, 6.45) is 3.80. The third-order valence-electron chi connectivity index (χ3n) is 3.04. The Labute approximate surface area is 97.7 Å². The van der Waals surface area contributed by atoms with E-state index in [0.717, 1.165) is 25.7 Å². The van der Waals surface area contributed by atoms with Gasteiger partial charge in [0.2, 0.25) is 10.0 Å². The van der Waals surface area contributed by atoms with Crippen LogP contribution in [0.3, 0.4) is 0 Å². The quantitative estimate of drug-likeness (QED) is 0.801. The predicted octanol–water partition coefficient (Wildman–Crippen LogP) is 0.571. The summed E-state index contributed by atoms with van der Waals surface area (Å²) >= 11 is 0. The van der Waals surface area contributed by atoms with Crippen LogP contribution in [0, 0.1) is 5.92 Å². The van der Waals surface area contributed by atoms with Crippen molar-refractivity contribution < 1.29 is 8.42 Å². The van der Waals surface area contributed by atoms with E-state index in [-0.39, 0.29) is 18.4 Å². The Morgan fingerprint density at radius 2 is 1.67 bits per heavy atom. The maximum atomic E-state index is 11.8. The SMILES string of the molecule is Cl.NC1CCN(S(=O)(=O)CC2CC2)CC1. The minimum atomic E-state index is -2.97. The first-order valence-electron chi connectivity index (χ1n) is 5.31. The molecule has 0 bridgehead atoms. The van der Waals surface area contributed by atoms with Gasteiger partial charge >= 0.3 is 0 Å². The van der Waals surface area contributed by atoms with Crippen LogP contribution in [-0.4, -0.2) is 37.6 Å². The number of hydrogen-bond acceptors (Lipinski definition) is 3. The van der Waals surface area contributed by atoms with E-state index in [2.05, 4.69) is 0 Å². The van der Waals surface area contributed by atoms with E-state index >= 15 is 0 Å². The van der Waals surface area contributed by atoms with Crippen molar-refractivity contribution >= 4 is 22.4 Å². The Morgan fingerprint density at radius 1 is 1.13 bits per heavy atom. The molecule has 4 nitrogen and oxygen atoms in total. The largest absolute Gasteiger partial charge is 0.328 e. The zero-order chi connectivity index (χ0) is 10.2.